The molecule has 0 saturated carbocycles. The fourth-order valence-corrected chi connectivity index (χ4v) is 3.49. The molecule has 1 aliphatic rings. The highest BCUT2D eigenvalue weighted by molar-refractivity contribution is 14.0. The van der Waals surface area contributed by atoms with Crippen LogP contribution in [0, 0.1) is 12.8 Å². The lowest BCUT2D eigenvalue weighted by atomic mass is 10.1. The average molecular weight is 501 g/mol. The van der Waals surface area contributed by atoms with Crippen LogP contribution in [0.15, 0.2) is 40.7 Å². The first-order valence-corrected chi connectivity index (χ1v) is 9.89. The van der Waals surface area contributed by atoms with Crippen molar-refractivity contribution in [3.8, 4) is 5.75 Å². The summed E-state index contributed by atoms with van der Waals surface area (Å²) in [5, 5.41) is 8.80. The first-order chi connectivity index (χ1) is 12.7. The van der Waals surface area contributed by atoms with Crippen molar-refractivity contribution < 1.29 is 9.47 Å². The van der Waals surface area contributed by atoms with Crippen molar-refractivity contribution >= 4 is 41.3 Å². The zero-order chi connectivity index (χ0) is 18.2. The summed E-state index contributed by atoms with van der Waals surface area (Å²) in [4.78, 5) is 5.58. The van der Waals surface area contributed by atoms with Crippen LogP contribution in [0.5, 0.6) is 5.75 Å². The number of rotatable bonds is 7. The zero-order valence-corrected chi connectivity index (χ0v) is 19.0. The Morgan fingerprint density at radius 2 is 2.15 bits per heavy atom. The summed E-state index contributed by atoms with van der Waals surface area (Å²) in [6.45, 7) is 5.89. The van der Waals surface area contributed by atoms with Crippen molar-refractivity contribution in [2.24, 2.45) is 10.9 Å². The van der Waals surface area contributed by atoms with Crippen LogP contribution in [0.4, 0.5) is 0 Å². The highest BCUT2D eigenvalue weighted by atomic mass is 127. The molecule has 1 saturated heterocycles. The molecule has 2 heterocycles. The van der Waals surface area contributed by atoms with Crippen molar-refractivity contribution in [3.05, 3.63) is 51.7 Å². The van der Waals surface area contributed by atoms with Crippen molar-refractivity contribution in [1.82, 2.24) is 10.6 Å². The van der Waals surface area contributed by atoms with E-state index in [9.17, 15) is 0 Å². The van der Waals surface area contributed by atoms with E-state index in [4.69, 9.17) is 9.47 Å². The largest absolute Gasteiger partial charge is 0.493 e. The van der Waals surface area contributed by atoms with Crippen LogP contribution in [0.2, 0.25) is 0 Å². The Labute approximate surface area is 182 Å². The molecule has 1 atom stereocenters. The SMILES string of the molecule is CN=C(NCc1cccs1)NCc1ccc(C)cc1OCC1CCOC1.I. The molecule has 1 fully saturated rings. The number of halogens is 1. The van der Waals surface area contributed by atoms with E-state index in [1.165, 1.54) is 10.4 Å². The number of hydrogen-bond donors (Lipinski definition) is 2. The molecule has 148 valence electrons. The number of thiophene rings is 1. The summed E-state index contributed by atoms with van der Waals surface area (Å²) < 4.78 is 11.5. The van der Waals surface area contributed by atoms with Gasteiger partial charge in [0.15, 0.2) is 5.96 Å². The highest BCUT2D eigenvalue weighted by Crippen LogP contribution is 2.22. The molecule has 7 heteroatoms. The number of benzene rings is 1. The van der Waals surface area contributed by atoms with Gasteiger partial charge < -0.3 is 20.1 Å². The third-order valence-corrected chi connectivity index (χ3v) is 5.28. The maximum atomic E-state index is 6.11. The van der Waals surface area contributed by atoms with E-state index in [-0.39, 0.29) is 24.0 Å². The second kappa shape index (κ2) is 11.5. The van der Waals surface area contributed by atoms with Gasteiger partial charge in [0, 0.05) is 36.6 Å². The number of aliphatic imine (C=N–C) groups is 1. The summed E-state index contributed by atoms with van der Waals surface area (Å²) in [6, 6.07) is 10.5. The van der Waals surface area contributed by atoms with Gasteiger partial charge in [-0.1, -0.05) is 18.2 Å². The van der Waals surface area contributed by atoms with Crippen LogP contribution in [-0.4, -0.2) is 32.8 Å². The van der Waals surface area contributed by atoms with E-state index >= 15 is 0 Å². The van der Waals surface area contributed by atoms with Crippen molar-refractivity contribution in [1.29, 1.82) is 0 Å². The molecule has 0 radical (unpaired) electrons. The molecule has 2 aromatic rings. The molecule has 2 N–H and O–H groups in total. The molecule has 0 aliphatic carbocycles. The Bertz CT molecular complexity index is 716. The van der Waals surface area contributed by atoms with Crippen molar-refractivity contribution in [2.45, 2.75) is 26.4 Å². The summed E-state index contributed by atoms with van der Waals surface area (Å²) in [7, 11) is 1.79. The molecule has 27 heavy (non-hydrogen) atoms. The summed E-state index contributed by atoms with van der Waals surface area (Å²) in [5.41, 5.74) is 2.33. The lowest BCUT2D eigenvalue weighted by Gasteiger charge is -2.16. The fourth-order valence-electron chi connectivity index (χ4n) is 2.85. The lowest BCUT2D eigenvalue weighted by Crippen LogP contribution is -2.36. The minimum absolute atomic E-state index is 0. The van der Waals surface area contributed by atoms with Gasteiger partial charge in [0.2, 0.25) is 0 Å². The van der Waals surface area contributed by atoms with E-state index in [0.717, 1.165) is 43.5 Å². The molecule has 0 amide bonds. The summed E-state index contributed by atoms with van der Waals surface area (Å²) in [6.07, 6.45) is 1.08. The molecule has 1 aromatic carbocycles. The summed E-state index contributed by atoms with van der Waals surface area (Å²) in [5.74, 6) is 2.23. The quantitative estimate of drug-likeness (QED) is 0.343. The van der Waals surface area contributed by atoms with E-state index in [1.54, 1.807) is 18.4 Å². The molecular weight excluding hydrogens is 473 g/mol. The molecule has 1 aromatic heterocycles. The Hall–Kier alpha value is -1.32. The molecule has 5 nitrogen and oxygen atoms in total. The maximum Gasteiger partial charge on any atom is 0.191 e. The van der Waals surface area contributed by atoms with E-state index in [0.29, 0.717) is 19.1 Å². The number of guanidine groups is 1. The number of aryl methyl sites for hydroxylation is 1. The molecule has 3 rings (SSSR count). The van der Waals surface area contributed by atoms with Gasteiger partial charge >= 0.3 is 0 Å². The van der Waals surface area contributed by atoms with Gasteiger partial charge in [-0.25, -0.2) is 0 Å². The van der Waals surface area contributed by atoms with Gasteiger partial charge in [-0.05, 0) is 36.4 Å². The molecule has 1 aliphatic heterocycles. The first-order valence-electron chi connectivity index (χ1n) is 9.01. The average Bonchev–Trinajstić information content (AvgIpc) is 3.35. The number of nitrogens with zero attached hydrogens (tertiary/aromatic N) is 1. The van der Waals surface area contributed by atoms with E-state index < -0.39 is 0 Å². The van der Waals surface area contributed by atoms with Gasteiger partial charge in [0.05, 0.1) is 19.8 Å². The third kappa shape index (κ3) is 6.97. The monoisotopic (exact) mass is 501 g/mol. The maximum absolute atomic E-state index is 6.11. The van der Waals surface area contributed by atoms with Crippen molar-refractivity contribution in [3.63, 3.8) is 0 Å². The van der Waals surface area contributed by atoms with Crippen molar-refractivity contribution in [2.75, 3.05) is 26.9 Å². The van der Waals surface area contributed by atoms with Crippen LogP contribution in [0.1, 0.15) is 22.4 Å². The van der Waals surface area contributed by atoms with Crippen LogP contribution < -0.4 is 15.4 Å². The van der Waals surface area contributed by atoms with E-state index in [1.807, 2.05) is 0 Å². The Kier molecular flexibility index (Phi) is 9.36. The van der Waals surface area contributed by atoms with Crippen LogP contribution in [0.25, 0.3) is 0 Å². The normalized spacial score (nSPS) is 16.7. The molecule has 0 spiro atoms. The molecular formula is C20H28IN3O2S. The Morgan fingerprint density at radius 3 is 2.85 bits per heavy atom. The van der Waals surface area contributed by atoms with Gasteiger partial charge in [0.1, 0.15) is 5.75 Å². The lowest BCUT2D eigenvalue weighted by molar-refractivity contribution is 0.166. The number of nitrogens with one attached hydrogen (secondary N) is 2. The second-order valence-corrected chi connectivity index (χ2v) is 7.54. The standard InChI is InChI=1S/C20H27N3O2S.HI/c1-15-5-6-17(19(10-15)25-14-16-7-8-24-13-16)11-22-20(21-2)23-12-18-4-3-9-26-18;/h3-6,9-10,16H,7-8,11-14H2,1-2H3,(H2,21,22,23);1H. The number of ether oxygens (including phenoxy) is 2. The molecule has 1 unspecified atom stereocenters. The third-order valence-electron chi connectivity index (χ3n) is 4.40. The van der Waals surface area contributed by atoms with Gasteiger partial charge in [-0.15, -0.1) is 35.3 Å². The minimum Gasteiger partial charge on any atom is -0.493 e. The number of hydrogen-bond acceptors (Lipinski definition) is 4. The first kappa shape index (κ1) is 22.0. The van der Waals surface area contributed by atoms with Crippen LogP contribution >= 0.6 is 35.3 Å². The van der Waals surface area contributed by atoms with Crippen LogP contribution in [-0.2, 0) is 17.8 Å². The Balaban J connectivity index is 0.00000261. The minimum atomic E-state index is 0. The van der Waals surface area contributed by atoms with E-state index in [2.05, 4.69) is 58.3 Å². The van der Waals surface area contributed by atoms with Gasteiger partial charge in [0.25, 0.3) is 0 Å². The second-order valence-electron chi connectivity index (χ2n) is 6.51. The van der Waals surface area contributed by atoms with Crippen LogP contribution in [0.3, 0.4) is 0 Å². The predicted molar refractivity (Wildman–Crippen MR) is 122 cm³/mol. The fraction of sp³-hybridized carbons (Fsp3) is 0.450. The predicted octanol–water partition coefficient (Wildman–Crippen LogP) is 3.96. The van der Waals surface area contributed by atoms with Gasteiger partial charge in [-0.3, -0.25) is 4.99 Å². The smallest absolute Gasteiger partial charge is 0.191 e. The Morgan fingerprint density at radius 1 is 1.30 bits per heavy atom. The highest BCUT2D eigenvalue weighted by Gasteiger charge is 2.17. The zero-order valence-electron chi connectivity index (χ0n) is 15.9. The molecule has 0 bridgehead atoms. The topological polar surface area (TPSA) is 54.9 Å². The van der Waals surface area contributed by atoms with Gasteiger partial charge in [-0.2, -0.15) is 0 Å². The summed E-state index contributed by atoms with van der Waals surface area (Å²) >= 11 is 1.74.